The summed E-state index contributed by atoms with van der Waals surface area (Å²) in [6, 6.07) is 0.823. The van der Waals surface area contributed by atoms with Crippen LogP contribution in [0.5, 0.6) is 6.01 Å². The first kappa shape index (κ1) is 10.9. The van der Waals surface area contributed by atoms with Crippen LogP contribution < -0.4 is 15.4 Å². The molecule has 1 heterocycles. The van der Waals surface area contributed by atoms with E-state index in [2.05, 4.69) is 32.5 Å². The van der Waals surface area contributed by atoms with Gasteiger partial charge in [-0.15, -0.1) is 0 Å². The van der Waals surface area contributed by atoms with Crippen molar-refractivity contribution in [2.24, 2.45) is 5.92 Å². The first-order chi connectivity index (χ1) is 7.72. The van der Waals surface area contributed by atoms with Gasteiger partial charge in [-0.2, -0.15) is 15.0 Å². The zero-order valence-electron chi connectivity index (χ0n) is 9.82. The highest BCUT2D eigenvalue weighted by Crippen LogP contribution is 2.32. The zero-order chi connectivity index (χ0) is 11.5. The van der Waals surface area contributed by atoms with Gasteiger partial charge in [0.1, 0.15) is 0 Å². The average molecular weight is 223 g/mol. The summed E-state index contributed by atoms with van der Waals surface area (Å²) in [6.07, 6.45) is 1.17. The van der Waals surface area contributed by atoms with Crippen molar-refractivity contribution in [2.45, 2.75) is 26.3 Å². The Balaban J connectivity index is 2.12. The standard InChI is InChI=1S/C10H17N5O/c1-4-11-8-13-9(12-7-5-6(7)2)15-10(14-8)16-3/h6-7H,4-5H2,1-3H3,(H2,11,12,13,14,15). The van der Waals surface area contributed by atoms with Crippen LogP contribution in [-0.2, 0) is 0 Å². The number of rotatable bonds is 5. The van der Waals surface area contributed by atoms with E-state index in [4.69, 9.17) is 4.74 Å². The quantitative estimate of drug-likeness (QED) is 0.779. The highest BCUT2D eigenvalue weighted by atomic mass is 16.5. The predicted octanol–water partition coefficient (Wildman–Crippen LogP) is 1.13. The Morgan fingerprint density at radius 1 is 1.31 bits per heavy atom. The Kier molecular flexibility index (Phi) is 3.07. The molecule has 0 radical (unpaired) electrons. The average Bonchev–Trinajstić information content (AvgIpc) is 2.94. The van der Waals surface area contributed by atoms with E-state index in [0.717, 1.165) is 6.54 Å². The summed E-state index contributed by atoms with van der Waals surface area (Å²) >= 11 is 0. The fourth-order valence-corrected chi connectivity index (χ4v) is 1.44. The molecular weight excluding hydrogens is 206 g/mol. The number of ether oxygens (including phenoxy) is 1. The second kappa shape index (κ2) is 4.51. The number of methoxy groups -OCH3 is 1. The number of aromatic nitrogens is 3. The summed E-state index contributed by atoms with van der Waals surface area (Å²) in [5.41, 5.74) is 0. The minimum atomic E-state index is 0.335. The molecule has 2 N–H and O–H groups in total. The van der Waals surface area contributed by atoms with Crippen LogP contribution in [0.15, 0.2) is 0 Å². The summed E-state index contributed by atoms with van der Waals surface area (Å²) in [4.78, 5) is 12.5. The highest BCUT2D eigenvalue weighted by Gasteiger charge is 2.33. The van der Waals surface area contributed by atoms with Gasteiger partial charge in [0, 0.05) is 12.6 Å². The molecule has 0 amide bonds. The fraction of sp³-hybridized carbons (Fsp3) is 0.700. The van der Waals surface area contributed by atoms with Crippen LogP contribution in [0.2, 0.25) is 0 Å². The van der Waals surface area contributed by atoms with Crippen LogP contribution in [0.1, 0.15) is 20.3 Å². The molecule has 6 heteroatoms. The van der Waals surface area contributed by atoms with E-state index in [-0.39, 0.29) is 0 Å². The molecule has 1 saturated carbocycles. The molecule has 0 spiro atoms. The predicted molar refractivity (Wildman–Crippen MR) is 61.7 cm³/mol. The Labute approximate surface area is 94.9 Å². The summed E-state index contributed by atoms with van der Waals surface area (Å²) < 4.78 is 5.03. The largest absolute Gasteiger partial charge is 0.467 e. The maximum atomic E-state index is 5.03. The van der Waals surface area contributed by atoms with Crippen LogP contribution in [0.3, 0.4) is 0 Å². The fourth-order valence-electron chi connectivity index (χ4n) is 1.44. The summed E-state index contributed by atoms with van der Waals surface area (Å²) in [5.74, 6) is 1.83. The van der Waals surface area contributed by atoms with Crippen LogP contribution >= 0.6 is 0 Å². The Morgan fingerprint density at radius 3 is 2.56 bits per heavy atom. The molecule has 0 aromatic carbocycles. The summed E-state index contributed by atoms with van der Waals surface area (Å²) in [7, 11) is 1.55. The lowest BCUT2D eigenvalue weighted by atomic mass is 10.5. The lowest BCUT2D eigenvalue weighted by molar-refractivity contribution is 0.379. The van der Waals surface area contributed by atoms with Crippen molar-refractivity contribution in [3.8, 4) is 6.01 Å². The minimum Gasteiger partial charge on any atom is -0.467 e. The van der Waals surface area contributed by atoms with Crippen molar-refractivity contribution in [2.75, 3.05) is 24.3 Å². The molecule has 1 aliphatic rings. The van der Waals surface area contributed by atoms with Gasteiger partial charge >= 0.3 is 6.01 Å². The first-order valence-electron chi connectivity index (χ1n) is 5.53. The lowest BCUT2D eigenvalue weighted by Gasteiger charge is -2.07. The highest BCUT2D eigenvalue weighted by molar-refractivity contribution is 5.37. The zero-order valence-corrected chi connectivity index (χ0v) is 9.82. The molecule has 1 aromatic heterocycles. The molecule has 0 saturated heterocycles. The van der Waals surface area contributed by atoms with Gasteiger partial charge in [-0.25, -0.2) is 0 Å². The number of hydrogen-bond acceptors (Lipinski definition) is 6. The van der Waals surface area contributed by atoms with E-state index in [1.807, 2.05) is 6.92 Å². The minimum absolute atomic E-state index is 0.335. The van der Waals surface area contributed by atoms with E-state index < -0.39 is 0 Å². The second-order valence-electron chi connectivity index (χ2n) is 3.96. The molecule has 0 bridgehead atoms. The van der Waals surface area contributed by atoms with Crippen molar-refractivity contribution in [1.82, 2.24) is 15.0 Å². The topological polar surface area (TPSA) is 72.0 Å². The second-order valence-corrected chi connectivity index (χ2v) is 3.96. The molecule has 2 rings (SSSR count). The smallest absolute Gasteiger partial charge is 0.322 e. The molecular formula is C10H17N5O. The third-order valence-corrected chi connectivity index (χ3v) is 2.56. The van der Waals surface area contributed by atoms with Crippen LogP contribution in [0.25, 0.3) is 0 Å². The molecule has 88 valence electrons. The van der Waals surface area contributed by atoms with Crippen molar-refractivity contribution in [1.29, 1.82) is 0 Å². The number of hydrogen-bond donors (Lipinski definition) is 2. The monoisotopic (exact) mass is 223 g/mol. The Bertz CT molecular complexity index is 370. The molecule has 1 aliphatic carbocycles. The van der Waals surface area contributed by atoms with E-state index in [1.54, 1.807) is 7.11 Å². The number of nitrogens with zero attached hydrogens (tertiary/aromatic N) is 3. The SMILES string of the molecule is CCNc1nc(NC2CC2C)nc(OC)n1. The van der Waals surface area contributed by atoms with Crippen LogP contribution in [0.4, 0.5) is 11.9 Å². The van der Waals surface area contributed by atoms with Gasteiger partial charge in [0.2, 0.25) is 11.9 Å². The lowest BCUT2D eigenvalue weighted by Crippen LogP contribution is -2.11. The molecule has 6 nitrogen and oxygen atoms in total. The van der Waals surface area contributed by atoms with E-state index >= 15 is 0 Å². The van der Waals surface area contributed by atoms with Gasteiger partial charge < -0.3 is 15.4 Å². The molecule has 2 unspecified atom stereocenters. The summed E-state index contributed by atoms with van der Waals surface area (Å²) in [5, 5.41) is 6.30. The van der Waals surface area contributed by atoms with E-state index in [0.29, 0.717) is 29.9 Å². The summed E-state index contributed by atoms with van der Waals surface area (Å²) in [6.45, 7) is 4.96. The maximum absolute atomic E-state index is 5.03. The molecule has 0 aliphatic heterocycles. The van der Waals surface area contributed by atoms with Crippen molar-refractivity contribution in [3.63, 3.8) is 0 Å². The Morgan fingerprint density at radius 2 is 2.00 bits per heavy atom. The van der Waals surface area contributed by atoms with Gasteiger partial charge in [0.15, 0.2) is 0 Å². The van der Waals surface area contributed by atoms with E-state index in [1.165, 1.54) is 6.42 Å². The third-order valence-electron chi connectivity index (χ3n) is 2.56. The van der Waals surface area contributed by atoms with Crippen LogP contribution in [-0.4, -0.2) is 34.6 Å². The number of nitrogens with one attached hydrogen (secondary N) is 2. The van der Waals surface area contributed by atoms with Gasteiger partial charge in [0.05, 0.1) is 7.11 Å². The van der Waals surface area contributed by atoms with Crippen molar-refractivity contribution < 1.29 is 4.74 Å². The van der Waals surface area contributed by atoms with Gasteiger partial charge in [-0.3, -0.25) is 0 Å². The third kappa shape index (κ3) is 2.50. The molecule has 2 atom stereocenters. The van der Waals surface area contributed by atoms with Gasteiger partial charge in [0.25, 0.3) is 0 Å². The van der Waals surface area contributed by atoms with Crippen LogP contribution in [0, 0.1) is 5.92 Å². The molecule has 1 fully saturated rings. The molecule has 16 heavy (non-hydrogen) atoms. The van der Waals surface area contributed by atoms with E-state index in [9.17, 15) is 0 Å². The normalized spacial score (nSPS) is 22.7. The number of anilines is 2. The van der Waals surface area contributed by atoms with Gasteiger partial charge in [-0.05, 0) is 19.3 Å². The Hall–Kier alpha value is -1.59. The van der Waals surface area contributed by atoms with Crippen molar-refractivity contribution in [3.05, 3.63) is 0 Å². The first-order valence-corrected chi connectivity index (χ1v) is 5.53. The van der Waals surface area contributed by atoms with Crippen molar-refractivity contribution >= 4 is 11.9 Å². The molecule has 1 aromatic rings. The maximum Gasteiger partial charge on any atom is 0.322 e. The van der Waals surface area contributed by atoms with Gasteiger partial charge in [-0.1, -0.05) is 6.92 Å².